The molecule has 2 rings (SSSR count). The first-order chi connectivity index (χ1) is 9.20. The smallest absolute Gasteiger partial charge is 0.223 e. The Hall–Kier alpha value is -1.35. The van der Waals surface area contributed by atoms with Gasteiger partial charge in [0.15, 0.2) is 0 Å². The number of piperazine rings is 1. The molecule has 0 N–H and O–H groups in total. The Balaban J connectivity index is 1.84. The van der Waals surface area contributed by atoms with Crippen molar-refractivity contribution in [3.63, 3.8) is 0 Å². The zero-order chi connectivity index (χ0) is 13.7. The Morgan fingerprint density at radius 1 is 1.16 bits per heavy atom. The minimum absolute atomic E-state index is 0.298. The fraction of sp³-hybridized carbons (Fsp3) is 0.562. The third-order valence-electron chi connectivity index (χ3n) is 4.02. The van der Waals surface area contributed by atoms with Crippen LogP contribution in [0.5, 0.6) is 0 Å². The predicted octanol–water partition coefficient (Wildman–Crippen LogP) is 2.34. The molecule has 0 unspecified atom stereocenters. The van der Waals surface area contributed by atoms with E-state index in [1.165, 1.54) is 5.56 Å². The summed E-state index contributed by atoms with van der Waals surface area (Å²) in [4.78, 5) is 16.7. The Morgan fingerprint density at radius 2 is 1.79 bits per heavy atom. The Kier molecular flexibility index (Phi) is 4.97. The maximum Gasteiger partial charge on any atom is 0.223 e. The number of carbonyl (C=O) groups is 1. The number of nitrogens with zero attached hydrogens (tertiary/aromatic N) is 2. The van der Waals surface area contributed by atoms with Gasteiger partial charge in [-0.05, 0) is 18.0 Å². The molecular formula is C16H24N2O. The largest absolute Gasteiger partial charge is 0.340 e. The number of hydrogen-bond donors (Lipinski definition) is 0. The van der Waals surface area contributed by atoms with Gasteiger partial charge < -0.3 is 9.80 Å². The van der Waals surface area contributed by atoms with Crippen LogP contribution >= 0.6 is 0 Å². The van der Waals surface area contributed by atoms with Gasteiger partial charge in [0.2, 0.25) is 5.91 Å². The highest BCUT2D eigenvalue weighted by Gasteiger charge is 2.21. The van der Waals surface area contributed by atoms with Gasteiger partial charge in [-0.25, -0.2) is 0 Å². The van der Waals surface area contributed by atoms with Gasteiger partial charge in [-0.2, -0.15) is 0 Å². The summed E-state index contributed by atoms with van der Waals surface area (Å²) in [7, 11) is 0. The van der Waals surface area contributed by atoms with Crippen LogP contribution in [-0.2, 0) is 4.79 Å². The van der Waals surface area contributed by atoms with Gasteiger partial charge in [-0.3, -0.25) is 4.79 Å². The molecule has 0 aliphatic carbocycles. The minimum Gasteiger partial charge on any atom is -0.340 e. The van der Waals surface area contributed by atoms with Crippen LogP contribution in [0.4, 0.5) is 0 Å². The van der Waals surface area contributed by atoms with Crippen molar-refractivity contribution in [3.05, 3.63) is 35.9 Å². The number of likely N-dealkylation sites (N-methyl/N-ethyl adjacent to an activating group) is 1. The van der Waals surface area contributed by atoms with E-state index in [0.717, 1.165) is 32.7 Å². The molecule has 0 aromatic heterocycles. The molecule has 1 aliphatic rings. The summed E-state index contributed by atoms with van der Waals surface area (Å²) in [5.41, 5.74) is 1.25. The molecule has 0 saturated carbocycles. The standard InChI is InChI=1S/C16H24N2O/c1-3-17-9-11-18(12-10-17)16(19)13-14(2)15-7-5-4-6-8-15/h4-8,14H,3,9-13H2,1-2H3/t14-/m1/s1. The topological polar surface area (TPSA) is 23.6 Å². The van der Waals surface area contributed by atoms with Gasteiger partial charge in [0, 0.05) is 32.6 Å². The summed E-state index contributed by atoms with van der Waals surface area (Å²) < 4.78 is 0. The number of carbonyl (C=O) groups excluding carboxylic acids is 1. The molecule has 3 heteroatoms. The zero-order valence-corrected chi connectivity index (χ0v) is 12.0. The molecular weight excluding hydrogens is 236 g/mol. The van der Waals surface area contributed by atoms with Gasteiger partial charge in [0.25, 0.3) is 0 Å². The zero-order valence-electron chi connectivity index (χ0n) is 12.0. The van der Waals surface area contributed by atoms with Gasteiger partial charge in [-0.1, -0.05) is 44.2 Å². The highest BCUT2D eigenvalue weighted by molar-refractivity contribution is 5.77. The first kappa shape index (κ1) is 14.1. The van der Waals surface area contributed by atoms with Crippen LogP contribution in [0.25, 0.3) is 0 Å². The SMILES string of the molecule is CCN1CCN(C(=O)C[C@@H](C)c2ccccc2)CC1. The molecule has 0 radical (unpaired) electrons. The summed E-state index contributed by atoms with van der Waals surface area (Å²) in [6.07, 6.45) is 0.621. The molecule has 0 spiro atoms. The second-order valence-electron chi connectivity index (χ2n) is 5.33. The molecule has 1 aliphatic heterocycles. The van der Waals surface area contributed by atoms with E-state index < -0.39 is 0 Å². The van der Waals surface area contributed by atoms with Crippen LogP contribution < -0.4 is 0 Å². The Labute approximate surface area is 116 Å². The van der Waals surface area contributed by atoms with Gasteiger partial charge >= 0.3 is 0 Å². The molecule has 1 aromatic carbocycles. The van der Waals surface area contributed by atoms with Crippen LogP contribution in [0, 0.1) is 0 Å². The fourth-order valence-electron chi connectivity index (χ4n) is 2.60. The second-order valence-corrected chi connectivity index (χ2v) is 5.33. The van der Waals surface area contributed by atoms with Crippen molar-refractivity contribution in [1.82, 2.24) is 9.80 Å². The summed E-state index contributed by atoms with van der Waals surface area (Å²) >= 11 is 0. The summed E-state index contributed by atoms with van der Waals surface area (Å²) in [6.45, 7) is 9.19. The minimum atomic E-state index is 0.298. The van der Waals surface area contributed by atoms with E-state index in [1.807, 2.05) is 23.1 Å². The van der Waals surface area contributed by atoms with Crippen molar-refractivity contribution < 1.29 is 4.79 Å². The van der Waals surface area contributed by atoms with E-state index in [9.17, 15) is 4.79 Å². The van der Waals surface area contributed by atoms with E-state index in [2.05, 4.69) is 30.9 Å². The van der Waals surface area contributed by atoms with Crippen LogP contribution in [0.1, 0.15) is 31.7 Å². The van der Waals surface area contributed by atoms with E-state index in [4.69, 9.17) is 0 Å². The summed E-state index contributed by atoms with van der Waals surface area (Å²) in [6, 6.07) is 10.3. The second kappa shape index (κ2) is 6.71. The molecule has 1 aromatic rings. The predicted molar refractivity (Wildman–Crippen MR) is 78.2 cm³/mol. The van der Waals surface area contributed by atoms with Crippen molar-refractivity contribution in [2.75, 3.05) is 32.7 Å². The Morgan fingerprint density at radius 3 is 2.37 bits per heavy atom. The summed E-state index contributed by atoms with van der Waals surface area (Å²) in [5, 5.41) is 0. The van der Waals surface area contributed by atoms with Gasteiger partial charge in [-0.15, -0.1) is 0 Å². The van der Waals surface area contributed by atoms with E-state index in [-0.39, 0.29) is 0 Å². The molecule has 1 saturated heterocycles. The number of rotatable bonds is 4. The van der Waals surface area contributed by atoms with Crippen molar-refractivity contribution in [1.29, 1.82) is 0 Å². The first-order valence-electron chi connectivity index (χ1n) is 7.25. The third-order valence-corrected chi connectivity index (χ3v) is 4.02. The normalized spacial score (nSPS) is 18.3. The lowest BCUT2D eigenvalue weighted by atomic mass is 9.97. The van der Waals surface area contributed by atoms with Gasteiger partial charge in [0.05, 0.1) is 0 Å². The van der Waals surface area contributed by atoms with Crippen molar-refractivity contribution in [2.24, 2.45) is 0 Å². The lowest BCUT2D eigenvalue weighted by Gasteiger charge is -2.34. The van der Waals surface area contributed by atoms with Crippen molar-refractivity contribution in [2.45, 2.75) is 26.2 Å². The molecule has 0 bridgehead atoms. The van der Waals surface area contributed by atoms with Crippen LogP contribution in [0.15, 0.2) is 30.3 Å². The van der Waals surface area contributed by atoms with E-state index in [0.29, 0.717) is 18.2 Å². The number of hydrogen-bond acceptors (Lipinski definition) is 2. The maximum absolute atomic E-state index is 12.3. The van der Waals surface area contributed by atoms with Crippen molar-refractivity contribution >= 4 is 5.91 Å². The molecule has 1 atom stereocenters. The molecule has 3 nitrogen and oxygen atoms in total. The highest BCUT2D eigenvalue weighted by atomic mass is 16.2. The molecule has 104 valence electrons. The molecule has 1 amide bonds. The van der Waals surface area contributed by atoms with Gasteiger partial charge in [0.1, 0.15) is 0 Å². The first-order valence-corrected chi connectivity index (χ1v) is 7.25. The average Bonchev–Trinajstić information content (AvgIpc) is 2.48. The van der Waals surface area contributed by atoms with Crippen molar-refractivity contribution in [3.8, 4) is 0 Å². The quantitative estimate of drug-likeness (QED) is 0.829. The third kappa shape index (κ3) is 3.80. The monoisotopic (exact) mass is 260 g/mol. The highest BCUT2D eigenvalue weighted by Crippen LogP contribution is 2.20. The average molecular weight is 260 g/mol. The summed E-state index contributed by atoms with van der Waals surface area (Å²) in [5.74, 6) is 0.602. The molecule has 19 heavy (non-hydrogen) atoms. The molecule has 1 heterocycles. The lowest BCUT2D eigenvalue weighted by Crippen LogP contribution is -2.48. The lowest BCUT2D eigenvalue weighted by molar-refractivity contribution is -0.133. The number of amides is 1. The maximum atomic E-state index is 12.3. The van der Waals surface area contributed by atoms with E-state index >= 15 is 0 Å². The van der Waals surface area contributed by atoms with Crippen LogP contribution in [0.3, 0.4) is 0 Å². The van der Waals surface area contributed by atoms with E-state index in [1.54, 1.807) is 0 Å². The number of benzene rings is 1. The fourth-order valence-corrected chi connectivity index (χ4v) is 2.60. The van der Waals surface area contributed by atoms with Crippen LogP contribution in [0.2, 0.25) is 0 Å². The Bertz CT molecular complexity index is 396. The molecule has 1 fully saturated rings. The van der Waals surface area contributed by atoms with Crippen LogP contribution in [-0.4, -0.2) is 48.4 Å².